The lowest BCUT2D eigenvalue weighted by atomic mass is 9.95. The van der Waals surface area contributed by atoms with Crippen molar-refractivity contribution in [3.8, 4) is 22.3 Å². The Morgan fingerprint density at radius 2 is 1.66 bits per heavy atom. The van der Waals surface area contributed by atoms with Crippen molar-refractivity contribution in [3.63, 3.8) is 0 Å². The highest BCUT2D eigenvalue weighted by atomic mass is 16.2. The van der Waals surface area contributed by atoms with Gasteiger partial charge >= 0.3 is 0 Å². The number of anilines is 2. The number of nitrogens with one attached hydrogen (secondary N) is 1. The SMILES string of the molecule is CC(C)CN1CCC(C(=O)Nc2cc(-c3ccc4nn(C)cc4c3)cc(N3CCCC(n4cnc5ccc(-c6ccncc6)cc54)C3)n2)CC1. The van der Waals surface area contributed by atoms with E-state index in [9.17, 15) is 4.79 Å². The summed E-state index contributed by atoms with van der Waals surface area (Å²) in [5.74, 6) is 2.17. The summed E-state index contributed by atoms with van der Waals surface area (Å²) < 4.78 is 4.18. The number of fused-ring (bicyclic) bond motifs is 2. The van der Waals surface area contributed by atoms with E-state index in [4.69, 9.17) is 9.97 Å². The summed E-state index contributed by atoms with van der Waals surface area (Å²) >= 11 is 0. The molecule has 10 nitrogen and oxygen atoms in total. The van der Waals surface area contributed by atoms with Crippen molar-refractivity contribution in [2.24, 2.45) is 18.9 Å². The molecule has 8 rings (SSSR count). The average molecular weight is 668 g/mol. The molecule has 2 aliphatic heterocycles. The molecule has 0 aliphatic carbocycles. The van der Waals surface area contributed by atoms with Crippen LogP contribution in [0.2, 0.25) is 0 Å². The van der Waals surface area contributed by atoms with Crippen LogP contribution in [0.25, 0.3) is 44.2 Å². The number of aromatic nitrogens is 6. The summed E-state index contributed by atoms with van der Waals surface area (Å²) in [6, 6.07) is 21.3. The Morgan fingerprint density at radius 3 is 2.46 bits per heavy atom. The van der Waals surface area contributed by atoms with Crippen molar-refractivity contribution < 1.29 is 4.79 Å². The van der Waals surface area contributed by atoms with Crippen LogP contribution in [-0.2, 0) is 11.8 Å². The second-order valence-corrected chi connectivity index (χ2v) is 14.5. The van der Waals surface area contributed by atoms with Crippen LogP contribution in [-0.4, -0.2) is 72.8 Å². The van der Waals surface area contributed by atoms with Crippen LogP contribution in [0.5, 0.6) is 0 Å². The standard InChI is InChI=1S/C40H45N9O/c1-27(2)23-47-17-12-29(13-18-47)40(50)44-38-21-32(30-6-8-35-33(19-30)24-46(3)45-35)22-39(43-38)48-16-4-5-34(25-48)49-26-42-36-9-7-31(20-37(36)49)28-10-14-41-15-11-28/h6-11,14-15,19-22,24,26-27,29,34H,4-5,12-13,16-18,23,25H2,1-3H3,(H,43,44,50). The van der Waals surface area contributed by atoms with Crippen molar-refractivity contribution in [2.45, 2.75) is 45.6 Å². The number of likely N-dealkylation sites (tertiary alicyclic amines) is 1. The fourth-order valence-electron chi connectivity index (χ4n) is 7.79. The Morgan fingerprint density at radius 1 is 0.880 bits per heavy atom. The van der Waals surface area contributed by atoms with Crippen LogP contribution in [0.15, 0.2) is 85.6 Å². The molecule has 0 spiro atoms. The maximum absolute atomic E-state index is 13.7. The lowest BCUT2D eigenvalue weighted by Crippen LogP contribution is -2.40. The van der Waals surface area contributed by atoms with Gasteiger partial charge in [-0.1, -0.05) is 26.0 Å². The fraction of sp³-hybridized carbons (Fsp3) is 0.375. The molecule has 1 unspecified atom stereocenters. The number of hydrogen-bond donors (Lipinski definition) is 1. The minimum absolute atomic E-state index is 0.00927. The smallest absolute Gasteiger partial charge is 0.228 e. The number of nitrogens with zero attached hydrogens (tertiary/aromatic N) is 8. The van der Waals surface area contributed by atoms with Crippen molar-refractivity contribution in [3.05, 3.63) is 85.6 Å². The van der Waals surface area contributed by atoms with Gasteiger partial charge < -0.3 is 19.7 Å². The number of hydrogen-bond acceptors (Lipinski definition) is 7. The molecule has 0 bridgehead atoms. The Bertz CT molecular complexity index is 2130. The molecule has 4 aromatic heterocycles. The van der Waals surface area contributed by atoms with Crippen molar-refractivity contribution in [1.29, 1.82) is 0 Å². The number of amides is 1. The van der Waals surface area contributed by atoms with Gasteiger partial charge in [-0.25, -0.2) is 9.97 Å². The van der Waals surface area contributed by atoms with Gasteiger partial charge in [0.1, 0.15) is 11.6 Å². The minimum Gasteiger partial charge on any atom is -0.354 e. The first-order valence-electron chi connectivity index (χ1n) is 18.0. The summed E-state index contributed by atoms with van der Waals surface area (Å²) in [7, 11) is 1.95. The quantitative estimate of drug-likeness (QED) is 0.184. The Balaban J connectivity index is 1.09. The van der Waals surface area contributed by atoms with Crippen molar-refractivity contribution >= 4 is 39.5 Å². The predicted molar refractivity (Wildman–Crippen MR) is 200 cm³/mol. The predicted octanol–water partition coefficient (Wildman–Crippen LogP) is 7.20. The molecular formula is C40H45N9O. The van der Waals surface area contributed by atoms with Gasteiger partial charge in [-0.3, -0.25) is 14.5 Å². The molecule has 1 amide bonds. The zero-order valence-electron chi connectivity index (χ0n) is 29.2. The zero-order chi connectivity index (χ0) is 34.2. The Kier molecular flexibility index (Phi) is 8.78. The highest BCUT2D eigenvalue weighted by Gasteiger charge is 2.27. The molecule has 6 heterocycles. The van der Waals surface area contributed by atoms with Gasteiger partial charge in [0, 0.05) is 56.6 Å². The number of benzene rings is 2. The molecule has 0 radical (unpaired) electrons. The van der Waals surface area contributed by atoms with E-state index in [0.717, 1.165) is 108 Å². The van der Waals surface area contributed by atoms with Crippen molar-refractivity contribution in [2.75, 3.05) is 42.9 Å². The molecule has 1 atom stereocenters. The molecule has 6 aromatic rings. The number of rotatable bonds is 8. The van der Waals surface area contributed by atoms with E-state index in [1.165, 1.54) is 0 Å². The number of imidazole rings is 1. The first kappa shape index (κ1) is 32.1. The lowest BCUT2D eigenvalue weighted by Gasteiger charge is -2.35. The van der Waals surface area contributed by atoms with Crippen LogP contribution in [0.3, 0.4) is 0 Å². The molecule has 2 aliphatic rings. The normalized spacial score (nSPS) is 17.6. The third-order valence-corrected chi connectivity index (χ3v) is 10.3. The summed E-state index contributed by atoms with van der Waals surface area (Å²) in [6.45, 7) is 9.20. The highest BCUT2D eigenvalue weighted by molar-refractivity contribution is 5.93. The largest absolute Gasteiger partial charge is 0.354 e. The number of piperidine rings is 2. The number of carbonyl (C=O) groups is 1. The zero-order valence-corrected chi connectivity index (χ0v) is 29.2. The fourth-order valence-corrected chi connectivity index (χ4v) is 7.79. The molecule has 2 fully saturated rings. The summed E-state index contributed by atoms with van der Waals surface area (Å²) in [5.41, 5.74) is 7.48. The number of carbonyl (C=O) groups excluding carboxylic acids is 1. The topological polar surface area (TPSA) is 97.0 Å². The molecule has 50 heavy (non-hydrogen) atoms. The third kappa shape index (κ3) is 6.72. The maximum Gasteiger partial charge on any atom is 0.228 e. The molecular weight excluding hydrogens is 623 g/mol. The van der Waals surface area contributed by atoms with E-state index >= 15 is 0 Å². The number of pyridine rings is 2. The van der Waals surface area contributed by atoms with E-state index in [0.29, 0.717) is 11.7 Å². The minimum atomic E-state index is -0.00927. The highest BCUT2D eigenvalue weighted by Crippen LogP contribution is 2.34. The van der Waals surface area contributed by atoms with E-state index in [2.05, 4.69) is 86.1 Å². The van der Waals surface area contributed by atoms with Gasteiger partial charge in [0.15, 0.2) is 0 Å². The monoisotopic (exact) mass is 667 g/mol. The average Bonchev–Trinajstić information content (AvgIpc) is 3.74. The van der Waals surface area contributed by atoms with Crippen molar-refractivity contribution in [1.82, 2.24) is 34.2 Å². The van der Waals surface area contributed by atoms with Gasteiger partial charge in [0.25, 0.3) is 0 Å². The molecule has 10 heteroatoms. The molecule has 1 N–H and O–H groups in total. The molecule has 2 aromatic carbocycles. The second-order valence-electron chi connectivity index (χ2n) is 14.5. The molecule has 0 saturated carbocycles. The van der Waals surface area contributed by atoms with Gasteiger partial charge in [-0.2, -0.15) is 5.10 Å². The first-order valence-corrected chi connectivity index (χ1v) is 18.0. The summed E-state index contributed by atoms with van der Waals surface area (Å²) in [4.78, 5) is 32.6. The van der Waals surface area contributed by atoms with Gasteiger partial charge in [-0.05, 0) is 115 Å². The van der Waals surface area contributed by atoms with Gasteiger partial charge in [0.05, 0.1) is 28.9 Å². The summed E-state index contributed by atoms with van der Waals surface area (Å²) in [6.07, 6.45) is 11.5. The van der Waals surface area contributed by atoms with E-state index in [-0.39, 0.29) is 17.9 Å². The van der Waals surface area contributed by atoms with Gasteiger partial charge in [-0.15, -0.1) is 0 Å². The van der Waals surface area contributed by atoms with E-state index in [1.54, 1.807) is 0 Å². The first-order chi connectivity index (χ1) is 24.4. The third-order valence-electron chi connectivity index (χ3n) is 10.3. The van der Waals surface area contributed by atoms with E-state index < -0.39 is 0 Å². The van der Waals surface area contributed by atoms with Crippen LogP contribution >= 0.6 is 0 Å². The Labute approximate surface area is 293 Å². The molecule has 2 saturated heterocycles. The van der Waals surface area contributed by atoms with Crippen LogP contribution in [0.1, 0.15) is 45.6 Å². The number of aryl methyl sites for hydroxylation is 1. The second kappa shape index (κ2) is 13.7. The Hall–Kier alpha value is -5.09. The summed E-state index contributed by atoms with van der Waals surface area (Å²) in [5, 5.41) is 8.90. The lowest BCUT2D eigenvalue weighted by molar-refractivity contribution is -0.121. The molecule has 256 valence electrons. The van der Waals surface area contributed by atoms with Crippen LogP contribution in [0.4, 0.5) is 11.6 Å². The maximum atomic E-state index is 13.7. The van der Waals surface area contributed by atoms with Crippen LogP contribution < -0.4 is 10.2 Å². The van der Waals surface area contributed by atoms with Crippen LogP contribution in [0, 0.1) is 11.8 Å². The van der Waals surface area contributed by atoms with E-state index in [1.807, 2.05) is 54.8 Å². The van der Waals surface area contributed by atoms with Gasteiger partial charge in [0.2, 0.25) is 5.91 Å².